The Labute approximate surface area is 107 Å². The van der Waals surface area contributed by atoms with Gasteiger partial charge in [0.05, 0.1) is 11.9 Å². The van der Waals surface area contributed by atoms with Gasteiger partial charge in [-0.1, -0.05) is 18.7 Å². The molecule has 0 bridgehead atoms. The number of carbonyl (C=O) groups is 1. The molecule has 8 nitrogen and oxygen atoms in total. The highest BCUT2D eigenvalue weighted by atomic mass is 32.2. The second kappa shape index (κ2) is 5.63. The van der Waals surface area contributed by atoms with E-state index < -0.39 is 5.97 Å². The third-order valence-corrected chi connectivity index (χ3v) is 3.08. The summed E-state index contributed by atoms with van der Waals surface area (Å²) in [5, 5.41) is 27.5. The van der Waals surface area contributed by atoms with Gasteiger partial charge < -0.3 is 9.67 Å². The van der Waals surface area contributed by atoms with Crippen molar-refractivity contribution >= 4 is 17.7 Å². The SMILES string of the molecule is CCCn1c(SCC(=O)O)nnc1-c1cn[nH]n1. The number of carboxylic acid groups (broad SMARTS) is 1. The number of rotatable bonds is 6. The van der Waals surface area contributed by atoms with E-state index in [1.54, 1.807) is 6.20 Å². The van der Waals surface area contributed by atoms with Gasteiger partial charge in [-0.3, -0.25) is 4.79 Å². The number of aromatic nitrogens is 6. The van der Waals surface area contributed by atoms with E-state index in [0.29, 0.717) is 23.2 Å². The van der Waals surface area contributed by atoms with Crippen LogP contribution in [0.3, 0.4) is 0 Å². The van der Waals surface area contributed by atoms with Crippen LogP contribution in [-0.2, 0) is 11.3 Å². The summed E-state index contributed by atoms with van der Waals surface area (Å²) >= 11 is 1.14. The fraction of sp³-hybridized carbons (Fsp3) is 0.444. The Morgan fingerprint density at radius 2 is 2.39 bits per heavy atom. The van der Waals surface area contributed by atoms with Crippen LogP contribution >= 0.6 is 11.8 Å². The molecule has 0 spiro atoms. The molecule has 0 saturated heterocycles. The normalized spacial score (nSPS) is 10.7. The van der Waals surface area contributed by atoms with E-state index >= 15 is 0 Å². The number of carboxylic acids is 1. The second-order valence-corrected chi connectivity index (χ2v) is 4.44. The van der Waals surface area contributed by atoms with Crippen molar-refractivity contribution in [2.24, 2.45) is 0 Å². The van der Waals surface area contributed by atoms with Crippen LogP contribution in [0.15, 0.2) is 11.4 Å². The third kappa shape index (κ3) is 2.67. The molecule has 0 aliphatic carbocycles. The number of thioether (sulfide) groups is 1. The highest BCUT2D eigenvalue weighted by molar-refractivity contribution is 7.99. The van der Waals surface area contributed by atoms with Crippen molar-refractivity contribution in [1.29, 1.82) is 0 Å². The van der Waals surface area contributed by atoms with Gasteiger partial charge in [-0.05, 0) is 6.42 Å². The average molecular weight is 268 g/mol. The van der Waals surface area contributed by atoms with Gasteiger partial charge in [-0.2, -0.15) is 15.4 Å². The predicted octanol–water partition coefficient (Wildman–Crippen LogP) is 0.650. The molecule has 96 valence electrons. The molecule has 0 radical (unpaired) electrons. The topological polar surface area (TPSA) is 110 Å². The molecule has 0 atom stereocenters. The standard InChI is InChI=1S/C9H12N6O2S/c1-2-3-15-8(6-4-10-14-11-6)12-13-9(15)18-5-7(16)17/h4H,2-3,5H2,1H3,(H,16,17)(H,10,11,14). The van der Waals surface area contributed by atoms with Crippen molar-refractivity contribution < 1.29 is 9.90 Å². The van der Waals surface area contributed by atoms with Crippen LogP contribution in [0.25, 0.3) is 11.5 Å². The van der Waals surface area contributed by atoms with E-state index in [4.69, 9.17) is 5.11 Å². The maximum absolute atomic E-state index is 10.6. The number of aliphatic carboxylic acids is 1. The maximum Gasteiger partial charge on any atom is 0.313 e. The Morgan fingerprint density at radius 1 is 1.56 bits per heavy atom. The smallest absolute Gasteiger partial charge is 0.313 e. The summed E-state index contributed by atoms with van der Waals surface area (Å²) in [7, 11) is 0. The summed E-state index contributed by atoms with van der Waals surface area (Å²) in [5.41, 5.74) is 0.595. The van der Waals surface area contributed by atoms with Crippen molar-refractivity contribution in [3.8, 4) is 11.5 Å². The molecule has 2 heterocycles. The molecule has 2 aromatic rings. The van der Waals surface area contributed by atoms with Gasteiger partial charge in [0.15, 0.2) is 11.0 Å². The highest BCUT2D eigenvalue weighted by Gasteiger charge is 2.16. The molecule has 18 heavy (non-hydrogen) atoms. The second-order valence-electron chi connectivity index (χ2n) is 3.50. The largest absolute Gasteiger partial charge is 0.481 e. The summed E-state index contributed by atoms with van der Waals surface area (Å²) in [6.45, 7) is 2.73. The van der Waals surface area contributed by atoms with Crippen LogP contribution < -0.4 is 0 Å². The zero-order valence-electron chi connectivity index (χ0n) is 9.70. The minimum atomic E-state index is -0.881. The van der Waals surface area contributed by atoms with Gasteiger partial charge in [-0.25, -0.2) is 0 Å². The van der Waals surface area contributed by atoms with Crippen LogP contribution in [0.1, 0.15) is 13.3 Å². The Balaban J connectivity index is 2.28. The first-order chi connectivity index (χ1) is 8.72. The average Bonchev–Trinajstić information content (AvgIpc) is 2.95. The van der Waals surface area contributed by atoms with Gasteiger partial charge >= 0.3 is 5.97 Å². The number of aromatic amines is 1. The summed E-state index contributed by atoms with van der Waals surface area (Å²) in [6, 6.07) is 0. The van der Waals surface area contributed by atoms with Crippen molar-refractivity contribution in [1.82, 2.24) is 30.2 Å². The molecule has 9 heteroatoms. The summed E-state index contributed by atoms with van der Waals surface area (Å²) in [5.74, 6) is -0.326. The van der Waals surface area contributed by atoms with Crippen LogP contribution in [0, 0.1) is 0 Å². The molecule has 0 amide bonds. The number of hydrogen-bond acceptors (Lipinski definition) is 6. The van der Waals surface area contributed by atoms with Crippen molar-refractivity contribution in [2.45, 2.75) is 25.0 Å². The molecule has 2 rings (SSSR count). The zero-order valence-corrected chi connectivity index (χ0v) is 10.5. The molecule has 2 N–H and O–H groups in total. The van der Waals surface area contributed by atoms with Crippen molar-refractivity contribution in [3.63, 3.8) is 0 Å². The molecule has 0 fully saturated rings. The minimum absolute atomic E-state index is 0.0410. The Bertz CT molecular complexity index is 523. The quantitative estimate of drug-likeness (QED) is 0.740. The molecule has 0 aliphatic rings. The minimum Gasteiger partial charge on any atom is -0.481 e. The first-order valence-electron chi connectivity index (χ1n) is 5.36. The monoisotopic (exact) mass is 268 g/mol. The van der Waals surface area contributed by atoms with E-state index in [1.165, 1.54) is 0 Å². The Morgan fingerprint density at radius 3 is 3.00 bits per heavy atom. The number of hydrogen-bond donors (Lipinski definition) is 2. The fourth-order valence-electron chi connectivity index (χ4n) is 1.45. The van der Waals surface area contributed by atoms with Crippen molar-refractivity contribution in [2.75, 3.05) is 5.75 Å². The lowest BCUT2D eigenvalue weighted by Gasteiger charge is -2.05. The van der Waals surface area contributed by atoms with Crippen LogP contribution in [0.5, 0.6) is 0 Å². The van der Waals surface area contributed by atoms with E-state index in [2.05, 4.69) is 25.6 Å². The number of H-pyrrole nitrogens is 1. The highest BCUT2D eigenvalue weighted by Crippen LogP contribution is 2.22. The lowest BCUT2D eigenvalue weighted by Crippen LogP contribution is -2.04. The fourth-order valence-corrected chi connectivity index (χ4v) is 2.13. The molecule has 0 aliphatic heterocycles. The molecular formula is C9H12N6O2S. The van der Waals surface area contributed by atoms with Crippen molar-refractivity contribution in [3.05, 3.63) is 6.20 Å². The molecule has 0 unspecified atom stereocenters. The third-order valence-electron chi connectivity index (χ3n) is 2.13. The maximum atomic E-state index is 10.6. The molecular weight excluding hydrogens is 256 g/mol. The Hall–Kier alpha value is -1.90. The van der Waals surface area contributed by atoms with Gasteiger partial charge in [-0.15, -0.1) is 10.2 Å². The first kappa shape index (κ1) is 12.6. The van der Waals surface area contributed by atoms with Crippen LogP contribution in [0.2, 0.25) is 0 Å². The summed E-state index contributed by atoms with van der Waals surface area (Å²) in [6.07, 6.45) is 2.45. The van der Waals surface area contributed by atoms with Gasteiger partial charge in [0.2, 0.25) is 0 Å². The van der Waals surface area contributed by atoms with Gasteiger partial charge in [0.1, 0.15) is 5.69 Å². The van der Waals surface area contributed by atoms with E-state index in [-0.39, 0.29) is 5.75 Å². The van der Waals surface area contributed by atoms with E-state index in [9.17, 15) is 4.79 Å². The van der Waals surface area contributed by atoms with Crippen LogP contribution in [0.4, 0.5) is 0 Å². The predicted molar refractivity (Wildman–Crippen MR) is 64.0 cm³/mol. The van der Waals surface area contributed by atoms with E-state index in [1.807, 2.05) is 11.5 Å². The zero-order chi connectivity index (χ0) is 13.0. The lowest BCUT2D eigenvalue weighted by molar-refractivity contribution is -0.133. The lowest BCUT2D eigenvalue weighted by atomic mass is 10.4. The molecule has 2 aromatic heterocycles. The first-order valence-corrected chi connectivity index (χ1v) is 6.35. The van der Waals surface area contributed by atoms with Crippen LogP contribution in [-0.4, -0.2) is 47.0 Å². The van der Waals surface area contributed by atoms with Gasteiger partial charge in [0, 0.05) is 6.54 Å². The summed E-state index contributed by atoms with van der Waals surface area (Å²) in [4.78, 5) is 10.6. The Kier molecular flexibility index (Phi) is 3.92. The van der Waals surface area contributed by atoms with E-state index in [0.717, 1.165) is 18.2 Å². The summed E-state index contributed by atoms with van der Waals surface area (Å²) < 4.78 is 1.85. The number of nitrogens with one attached hydrogen (secondary N) is 1. The van der Waals surface area contributed by atoms with Gasteiger partial charge in [0.25, 0.3) is 0 Å². The molecule has 0 aromatic carbocycles. The molecule has 0 saturated carbocycles. The number of nitrogens with zero attached hydrogens (tertiary/aromatic N) is 5.